The highest BCUT2D eigenvalue weighted by Crippen LogP contribution is 2.29. The molecule has 2 N–H and O–H groups in total. The Morgan fingerprint density at radius 3 is 2.48 bits per heavy atom. The maximum atomic E-state index is 12.5. The van der Waals surface area contributed by atoms with Crippen LogP contribution in [0.2, 0.25) is 0 Å². The molecule has 0 aliphatic rings. The highest BCUT2D eigenvalue weighted by atomic mass is 32.1. The fraction of sp³-hybridized carbons (Fsp3) is 0.0800. The van der Waals surface area contributed by atoms with Gasteiger partial charge in [0, 0.05) is 41.2 Å². The maximum absolute atomic E-state index is 12.5. The van der Waals surface area contributed by atoms with Crippen LogP contribution in [0.5, 0.6) is 0 Å². The molecule has 5 nitrogen and oxygen atoms in total. The average molecular weight is 428 g/mol. The maximum Gasteiger partial charge on any atom is 0.251 e. The summed E-state index contributed by atoms with van der Waals surface area (Å²) in [5.41, 5.74) is 5.15. The summed E-state index contributed by atoms with van der Waals surface area (Å²) in [7, 11) is 0. The quantitative estimate of drug-likeness (QED) is 0.435. The molecule has 6 heteroatoms. The Morgan fingerprint density at radius 1 is 0.903 bits per heavy atom. The topological polar surface area (TPSA) is 71.1 Å². The molecule has 0 aliphatic heterocycles. The summed E-state index contributed by atoms with van der Waals surface area (Å²) < 4.78 is 0. The van der Waals surface area contributed by atoms with Crippen LogP contribution in [-0.2, 0) is 11.3 Å². The number of rotatable bonds is 6. The third kappa shape index (κ3) is 5.24. The SMILES string of the molecule is CC(=O)Nc1cccc(C(=O)NCc2cccc(-c3nc(-c4ccccc4)cs3)c2)c1. The number of amides is 2. The number of carbonyl (C=O) groups is 2. The molecule has 0 saturated heterocycles. The summed E-state index contributed by atoms with van der Waals surface area (Å²) in [5.74, 6) is -0.370. The molecule has 3 aromatic carbocycles. The minimum atomic E-state index is -0.196. The van der Waals surface area contributed by atoms with Crippen molar-refractivity contribution >= 4 is 28.8 Å². The van der Waals surface area contributed by atoms with Gasteiger partial charge in [0.25, 0.3) is 5.91 Å². The first-order valence-corrected chi connectivity index (χ1v) is 10.7. The van der Waals surface area contributed by atoms with Crippen LogP contribution in [0, 0.1) is 0 Å². The normalized spacial score (nSPS) is 10.5. The first-order chi connectivity index (χ1) is 15.1. The van der Waals surface area contributed by atoms with Gasteiger partial charge in [-0.1, -0.05) is 54.6 Å². The number of hydrogen-bond acceptors (Lipinski definition) is 4. The van der Waals surface area contributed by atoms with E-state index in [4.69, 9.17) is 4.98 Å². The predicted molar refractivity (Wildman–Crippen MR) is 125 cm³/mol. The largest absolute Gasteiger partial charge is 0.348 e. The molecule has 2 amide bonds. The number of aromatic nitrogens is 1. The number of anilines is 1. The summed E-state index contributed by atoms with van der Waals surface area (Å²) in [5, 5.41) is 8.62. The van der Waals surface area contributed by atoms with Crippen molar-refractivity contribution in [3.8, 4) is 21.8 Å². The van der Waals surface area contributed by atoms with Crippen molar-refractivity contribution in [1.82, 2.24) is 10.3 Å². The lowest BCUT2D eigenvalue weighted by atomic mass is 10.1. The molecule has 4 aromatic rings. The molecule has 0 bridgehead atoms. The van der Waals surface area contributed by atoms with Crippen LogP contribution in [0.4, 0.5) is 5.69 Å². The van der Waals surface area contributed by atoms with Crippen molar-refractivity contribution in [2.75, 3.05) is 5.32 Å². The fourth-order valence-corrected chi connectivity index (χ4v) is 4.01. The Kier molecular flexibility index (Phi) is 6.19. The molecule has 0 unspecified atom stereocenters. The van der Waals surface area contributed by atoms with Gasteiger partial charge >= 0.3 is 0 Å². The summed E-state index contributed by atoms with van der Waals surface area (Å²) >= 11 is 1.60. The molecule has 154 valence electrons. The van der Waals surface area contributed by atoms with Crippen LogP contribution >= 0.6 is 11.3 Å². The number of benzene rings is 3. The van der Waals surface area contributed by atoms with E-state index in [9.17, 15) is 9.59 Å². The lowest BCUT2D eigenvalue weighted by Gasteiger charge is -2.08. The van der Waals surface area contributed by atoms with E-state index in [1.54, 1.807) is 35.6 Å². The zero-order valence-electron chi connectivity index (χ0n) is 17.0. The van der Waals surface area contributed by atoms with Gasteiger partial charge in [-0.3, -0.25) is 9.59 Å². The smallest absolute Gasteiger partial charge is 0.251 e. The molecule has 31 heavy (non-hydrogen) atoms. The van der Waals surface area contributed by atoms with E-state index >= 15 is 0 Å². The summed E-state index contributed by atoms with van der Waals surface area (Å²) in [6.07, 6.45) is 0. The van der Waals surface area contributed by atoms with Crippen molar-refractivity contribution in [3.63, 3.8) is 0 Å². The number of carbonyl (C=O) groups excluding carboxylic acids is 2. The molecular formula is C25H21N3O2S. The second-order valence-corrected chi connectivity index (χ2v) is 7.91. The molecule has 0 saturated carbocycles. The van der Waals surface area contributed by atoms with Crippen molar-refractivity contribution in [1.29, 1.82) is 0 Å². The summed E-state index contributed by atoms with van der Waals surface area (Å²) in [4.78, 5) is 28.5. The molecule has 0 atom stereocenters. The lowest BCUT2D eigenvalue weighted by molar-refractivity contribution is -0.114. The van der Waals surface area contributed by atoms with Crippen molar-refractivity contribution < 1.29 is 9.59 Å². The number of nitrogens with one attached hydrogen (secondary N) is 2. The van der Waals surface area contributed by atoms with Crippen LogP contribution in [-0.4, -0.2) is 16.8 Å². The molecule has 0 spiro atoms. The molecule has 0 aliphatic carbocycles. The van der Waals surface area contributed by atoms with E-state index in [0.29, 0.717) is 17.8 Å². The minimum absolute atomic E-state index is 0.174. The third-order valence-electron chi connectivity index (χ3n) is 4.65. The van der Waals surface area contributed by atoms with Gasteiger partial charge in [0.2, 0.25) is 5.91 Å². The van der Waals surface area contributed by atoms with E-state index in [1.807, 2.05) is 54.6 Å². The van der Waals surface area contributed by atoms with Gasteiger partial charge in [-0.15, -0.1) is 11.3 Å². The van der Waals surface area contributed by atoms with Gasteiger partial charge in [0.05, 0.1) is 5.69 Å². The highest BCUT2D eigenvalue weighted by Gasteiger charge is 2.09. The number of nitrogens with zero attached hydrogens (tertiary/aromatic N) is 1. The van der Waals surface area contributed by atoms with Crippen LogP contribution in [0.1, 0.15) is 22.8 Å². The third-order valence-corrected chi connectivity index (χ3v) is 5.54. The van der Waals surface area contributed by atoms with E-state index in [2.05, 4.69) is 16.0 Å². The highest BCUT2D eigenvalue weighted by molar-refractivity contribution is 7.13. The average Bonchev–Trinajstić information content (AvgIpc) is 3.28. The monoisotopic (exact) mass is 427 g/mol. The Labute approximate surface area is 184 Å². The van der Waals surface area contributed by atoms with Gasteiger partial charge in [-0.05, 0) is 29.8 Å². The zero-order chi connectivity index (χ0) is 21.6. The first kappa shape index (κ1) is 20.5. The second kappa shape index (κ2) is 9.36. The Bertz CT molecular complexity index is 1220. The Morgan fingerprint density at radius 2 is 1.68 bits per heavy atom. The molecule has 0 fully saturated rings. The molecule has 1 heterocycles. The second-order valence-electron chi connectivity index (χ2n) is 7.05. The van der Waals surface area contributed by atoms with Crippen LogP contribution in [0.15, 0.2) is 84.2 Å². The lowest BCUT2D eigenvalue weighted by Crippen LogP contribution is -2.23. The van der Waals surface area contributed by atoms with Gasteiger partial charge < -0.3 is 10.6 Å². The minimum Gasteiger partial charge on any atom is -0.348 e. The zero-order valence-corrected chi connectivity index (χ0v) is 17.8. The fourth-order valence-electron chi connectivity index (χ4n) is 3.19. The standard InChI is InChI=1S/C25H21N3O2S/c1-17(29)27-22-12-6-10-20(14-22)24(30)26-15-18-7-5-11-21(13-18)25-28-23(16-31-25)19-8-3-2-4-9-19/h2-14,16H,15H2,1H3,(H,26,30)(H,27,29). The van der Waals surface area contributed by atoms with Crippen molar-refractivity contribution in [3.05, 3.63) is 95.4 Å². The van der Waals surface area contributed by atoms with E-state index in [-0.39, 0.29) is 11.8 Å². The molecule has 0 radical (unpaired) electrons. The Hall–Kier alpha value is -3.77. The number of thiazole rings is 1. The van der Waals surface area contributed by atoms with E-state index in [1.165, 1.54) is 6.92 Å². The van der Waals surface area contributed by atoms with Crippen LogP contribution < -0.4 is 10.6 Å². The number of hydrogen-bond donors (Lipinski definition) is 2. The van der Waals surface area contributed by atoms with Gasteiger partial charge in [-0.25, -0.2) is 4.98 Å². The van der Waals surface area contributed by atoms with E-state index in [0.717, 1.165) is 27.4 Å². The van der Waals surface area contributed by atoms with Gasteiger partial charge in [0.15, 0.2) is 0 Å². The predicted octanol–water partition coefficient (Wildman–Crippen LogP) is 5.37. The van der Waals surface area contributed by atoms with Gasteiger partial charge in [-0.2, -0.15) is 0 Å². The Balaban J connectivity index is 1.44. The van der Waals surface area contributed by atoms with Crippen molar-refractivity contribution in [2.24, 2.45) is 0 Å². The van der Waals surface area contributed by atoms with Crippen LogP contribution in [0.3, 0.4) is 0 Å². The molecule has 4 rings (SSSR count). The van der Waals surface area contributed by atoms with Gasteiger partial charge in [0.1, 0.15) is 5.01 Å². The molecule has 1 aromatic heterocycles. The van der Waals surface area contributed by atoms with Crippen molar-refractivity contribution in [2.45, 2.75) is 13.5 Å². The van der Waals surface area contributed by atoms with E-state index < -0.39 is 0 Å². The molecular weight excluding hydrogens is 406 g/mol. The first-order valence-electron chi connectivity index (χ1n) is 9.84. The summed E-state index contributed by atoms with van der Waals surface area (Å²) in [6.45, 7) is 1.83. The van der Waals surface area contributed by atoms with Crippen LogP contribution in [0.25, 0.3) is 21.8 Å². The summed E-state index contributed by atoms with van der Waals surface area (Å²) in [6, 6.07) is 25.0.